The highest BCUT2D eigenvalue weighted by Crippen LogP contribution is 2.40. The second kappa shape index (κ2) is 8.27. The van der Waals surface area contributed by atoms with Crippen LogP contribution in [0.25, 0.3) is 11.4 Å². The van der Waals surface area contributed by atoms with Crippen LogP contribution in [-0.2, 0) is 5.92 Å². The first kappa shape index (κ1) is 23.1. The van der Waals surface area contributed by atoms with E-state index in [-0.39, 0.29) is 21.7 Å². The molecular formula is C22H19ClF6. The van der Waals surface area contributed by atoms with Gasteiger partial charge in [-0.3, -0.25) is 0 Å². The molecule has 29 heavy (non-hydrogen) atoms. The minimum Gasteiger partial charge on any atom is -0.207 e. The highest BCUT2D eigenvalue weighted by atomic mass is 35.5. The molecule has 0 aromatic heterocycles. The first-order chi connectivity index (χ1) is 13.2. The van der Waals surface area contributed by atoms with Gasteiger partial charge in [0.1, 0.15) is 11.7 Å². The molecule has 1 unspecified atom stereocenters. The Kier molecular flexibility index (Phi) is 6.58. The Hall–Kier alpha value is -2.21. The Morgan fingerprint density at radius 1 is 1.07 bits per heavy atom. The molecule has 2 aromatic rings. The number of benzene rings is 2. The fourth-order valence-corrected chi connectivity index (χ4v) is 3.03. The van der Waals surface area contributed by atoms with Crippen LogP contribution in [0, 0.1) is 6.92 Å². The average molecular weight is 433 g/mol. The van der Waals surface area contributed by atoms with Crippen LogP contribution in [0.15, 0.2) is 49.1 Å². The molecule has 0 nitrogen and oxygen atoms in total. The van der Waals surface area contributed by atoms with Crippen molar-refractivity contribution < 1.29 is 26.3 Å². The molecule has 0 fully saturated rings. The van der Waals surface area contributed by atoms with Crippen LogP contribution in [0.1, 0.15) is 47.6 Å². The lowest BCUT2D eigenvalue weighted by molar-refractivity contribution is -0.139. The largest absolute Gasteiger partial charge is 0.399 e. The number of aryl methyl sites for hydroxylation is 1. The molecule has 0 aliphatic rings. The van der Waals surface area contributed by atoms with Gasteiger partial charge in [-0.2, -0.15) is 13.2 Å². The summed E-state index contributed by atoms with van der Waals surface area (Å²) < 4.78 is 83.4. The summed E-state index contributed by atoms with van der Waals surface area (Å²) in [5.74, 6) is -6.83. The highest BCUT2D eigenvalue weighted by molar-refractivity contribution is 6.31. The van der Waals surface area contributed by atoms with E-state index in [4.69, 9.17) is 11.6 Å². The van der Waals surface area contributed by atoms with Gasteiger partial charge in [0.05, 0.1) is 0 Å². The van der Waals surface area contributed by atoms with E-state index in [2.05, 4.69) is 6.58 Å². The van der Waals surface area contributed by atoms with E-state index in [0.29, 0.717) is 24.1 Å². The average Bonchev–Trinajstić information content (AvgIpc) is 2.59. The van der Waals surface area contributed by atoms with Gasteiger partial charge in [-0.15, -0.1) is 0 Å². The van der Waals surface area contributed by atoms with Gasteiger partial charge in [-0.1, -0.05) is 48.0 Å². The Balaban J connectivity index is 2.58. The minimum absolute atomic E-state index is 0.120. The molecule has 1 atom stereocenters. The predicted octanol–water partition coefficient (Wildman–Crippen LogP) is 8.45. The molecule has 0 aliphatic carbocycles. The normalized spacial score (nSPS) is 14.1. The number of halogens is 7. The van der Waals surface area contributed by atoms with Gasteiger partial charge in [0.25, 0.3) is 5.92 Å². The van der Waals surface area contributed by atoms with Crippen LogP contribution >= 0.6 is 11.6 Å². The monoisotopic (exact) mass is 432 g/mol. The molecular weight excluding hydrogens is 414 g/mol. The Morgan fingerprint density at radius 3 is 2.17 bits per heavy atom. The predicted molar refractivity (Wildman–Crippen MR) is 105 cm³/mol. The summed E-state index contributed by atoms with van der Waals surface area (Å²) in [6.07, 6.45) is -4.40. The molecule has 0 saturated heterocycles. The number of hydrogen-bond donors (Lipinski definition) is 0. The molecule has 0 heterocycles. The molecule has 0 spiro atoms. The second-order valence-electron chi connectivity index (χ2n) is 6.97. The van der Waals surface area contributed by atoms with E-state index < -0.39 is 29.4 Å². The van der Waals surface area contributed by atoms with Gasteiger partial charge < -0.3 is 0 Å². The number of alkyl halides is 5. The van der Waals surface area contributed by atoms with Crippen LogP contribution < -0.4 is 0 Å². The van der Waals surface area contributed by atoms with Crippen LogP contribution in [-0.4, -0.2) is 6.18 Å². The zero-order chi connectivity index (χ0) is 22.1. The van der Waals surface area contributed by atoms with Crippen molar-refractivity contribution in [3.8, 4) is 0 Å². The molecule has 0 N–H and O–H groups in total. The molecule has 156 valence electrons. The summed E-state index contributed by atoms with van der Waals surface area (Å²) in [5.41, 5.74) is -0.208. The quantitative estimate of drug-likeness (QED) is 0.416. The van der Waals surface area contributed by atoms with E-state index in [9.17, 15) is 26.3 Å². The molecule has 0 bridgehead atoms. The minimum atomic E-state index is -4.78. The molecule has 0 radical (unpaired) electrons. The number of rotatable bonds is 5. The lowest BCUT2D eigenvalue weighted by Gasteiger charge is -2.20. The Labute approximate surface area is 170 Å². The lowest BCUT2D eigenvalue weighted by atomic mass is 9.92. The van der Waals surface area contributed by atoms with Gasteiger partial charge >= 0.3 is 6.18 Å². The topological polar surface area (TPSA) is 0 Å². The van der Waals surface area contributed by atoms with E-state index in [1.54, 1.807) is 0 Å². The maximum Gasteiger partial charge on any atom is 0.399 e. The second-order valence-corrected chi connectivity index (χ2v) is 7.38. The molecule has 7 heteroatoms. The zero-order valence-corrected chi connectivity index (χ0v) is 16.7. The van der Waals surface area contributed by atoms with Crippen molar-refractivity contribution in [2.75, 3.05) is 0 Å². The Morgan fingerprint density at radius 2 is 1.69 bits per heavy atom. The van der Waals surface area contributed by atoms with E-state index in [1.807, 2.05) is 0 Å². The maximum absolute atomic E-state index is 14.7. The first-order valence-corrected chi connectivity index (χ1v) is 8.98. The van der Waals surface area contributed by atoms with Crippen LogP contribution in [0.4, 0.5) is 26.3 Å². The molecule has 0 saturated carbocycles. The van der Waals surface area contributed by atoms with Crippen molar-refractivity contribution in [1.29, 1.82) is 0 Å². The molecule has 2 aromatic carbocycles. The van der Waals surface area contributed by atoms with Gasteiger partial charge in [0, 0.05) is 23.1 Å². The number of hydrogen-bond acceptors (Lipinski definition) is 0. The van der Waals surface area contributed by atoms with Crippen molar-refractivity contribution in [1.82, 2.24) is 0 Å². The molecule has 0 aliphatic heterocycles. The third-order valence-electron chi connectivity index (χ3n) is 4.43. The van der Waals surface area contributed by atoms with Crippen molar-refractivity contribution in [2.24, 2.45) is 0 Å². The van der Waals surface area contributed by atoms with Gasteiger partial charge in [-0.05, 0) is 48.7 Å². The lowest BCUT2D eigenvalue weighted by Crippen LogP contribution is -2.19. The van der Waals surface area contributed by atoms with Gasteiger partial charge in [-0.25, -0.2) is 13.2 Å². The van der Waals surface area contributed by atoms with Crippen molar-refractivity contribution in [3.63, 3.8) is 0 Å². The van der Waals surface area contributed by atoms with Crippen molar-refractivity contribution >= 4 is 23.0 Å². The van der Waals surface area contributed by atoms with Gasteiger partial charge in [0.15, 0.2) is 0 Å². The summed E-state index contributed by atoms with van der Waals surface area (Å²) >= 11 is 5.85. The molecule has 2 rings (SSSR count). The highest BCUT2D eigenvalue weighted by Gasteiger charge is 2.40. The van der Waals surface area contributed by atoms with E-state index in [0.717, 1.165) is 18.2 Å². The molecule has 0 amide bonds. The fourth-order valence-electron chi connectivity index (χ4n) is 2.91. The third kappa shape index (κ3) is 5.44. The van der Waals surface area contributed by atoms with Gasteiger partial charge in [0.2, 0.25) is 0 Å². The van der Waals surface area contributed by atoms with Crippen LogP contribution in [0.3, 0.4) is 0 Å². The summed E-state index contributed by atoms with van der Waals surface area (Å²) in [6, 6.07) is 6.93. The van der Waals surface area contributed by atoms with Crippen molar-refractivity contribution in [3.05, 3.63) is 81.9 Å². The van der Waals surface area contributed by atoms with E-state index >= 15 is 0 Å². The first-order valence-electron chi connectivity index (χ1n) is 8.60. The third-order valence-corrected chi connectivity index (χ3v) is 4.86. The smallest absolute Gasteiger partial charge is 0.207 e. The number of allylic oxidation sites excluding steroid dienone is 2. The van der Waals surface area contributed by atoms with Crippen molar-refractivity contribution in [2.45, 2.75) is 38.8 Å². The zero-order valence-electron chi connectivity index (χ0n) is 16.0. The summed E-state index contributed by atoms with van der Waals surface area (Å²) in [4.78, 5) is 0. The standard InChI is InChI=1S/C22H19ClF6/c1-12(2)16-7-5-15(10-18(16)21(4,25)26)20(24)11-17(22(27,28)29)14-6-8-19(23)13(3)9-14/h5-11,17H,1H2,2-4H3/b20-11-. The SMILES string of the molecule is C=C(C)c1ccc(/C(F)=C/C(c2ccc(Cl)c(C)c2)C(F)(F)F)cc1C(C)(F)F. The Bertz CT molecular complexity index is 951. The van der Waals surface area contributed by atoms with Crippen LogP contribution in [0.2, 0.25) is 5.02 Å². The summed E-state index contributed by atoms with van der Waals surface area (Å²) in [6.45, 7) is 7.29. The maximum atomic E-state index is 14.7. The summed E-state index contributed by atoms with van der Waals surface area (Å²) in [5, 5.41) is 0.282. The van der Waals surface area contributed by atoms with Crippen LogP contribution in [0.5, 0.6) is 0 Å². The fraction of sp³-hybridized carbons (Fsp3) is 0.273. The van der Waals surface area contributed by atoms with E-state index in [1.165, 1.54) is 32.0 Å². The summed E-state index contributed by atoms with van der Waals surface area (Å²) in [7, 11) is 0.